The number of nitrogens with two attached hydrogens (primary N) is 1. The van der Waals surface area contributed by atoms with Crippen LogP contribution < -0.4 is 15.9 Å². The van der Waals surface area contributed by atoms with Gasteiger partial charge in [0, 0.05) is 18.9 Å². The molecule has 0 saturated carbocycles. The fourth-order valence-electron chi connectivity index (χ4n) is 2.49. The summed E-state index contributed by atoms with van der Waals surface area (Å²) >= 11 is 0. The molecule has 0 aliphatic carbocycles. The van der Waals surface area contributed by atoms with Gasteiger partial charge in [-0.05, 0) is 11.6 Å². The molecular weight excluding hydrogens is 296 g/mol. The van der Waals surface area contributed by atoms with Crippen LogP contribution in [0.5, 0.6) is 5.75 Å². The zero-order valence-corrected chi connectivity index (χ0v) is 12.4. The molecule has 2 heterocycles. The first-order chi connectivity index (χ1) is 9.69. The Labute approximate surface area is 129 Å². The van der Waals surface area contributed by atoms with Gasteiger partial charge in [0.05, 0.1) is 6.10 Å². The average molecular weight is 314 g/mol. The average Bonchev–Trinajstić information content (AvgIpc) is 2.69. The highest BCUT2D eigenvalue weighted by molar-refractivity contribution is 6.64. The summed E-state index contributed by atoms with van der Waals surface area (Å²) in [5.74, 6) is 0.400. The number of carbonyl (C=O) groups excluding carboxylic acids is 1. The van der Waals surface area contributed by atoms with E-state index in [4.69, 9.17) is 24.5 Å². The Morgan fingerprint density at radius 1 is 1.48 bits per heavy atom. The van der Waals surface area contributed by atoms with Gasteiger partial charge in [-0.3, -0.25) is 4.79 Å². The zero-order chi connectivity index (χ0) is 14.1. The van der Waals surface area contributed by atoms with Crippen LogP contribution in [0.1, 0.15) is 18.6 Å². The highest BCUT2D eigenvalue weighted by Crippen LogP contribution is 2.30. The SMILES string of the molecule is CC(=O)OC[C@@H]1COc2cccc3c2B(O1)O[C@@H]3CN.Cl. The molecule has 0 bridgehead atoms. The van der Waals surface area contributed by atoms with Crippen molar-refractivity contribution >= 4 is 31.0 Å². The Kier molecular flexibility index (Phi) is 5.11. The molecule has 114 valence electrons. The van der Waals surface area contributed by atoms with Gasteiger partial charge in [0.15, 0.2) is 0 Å². The number of carbonyl (C=O) groups is 1. The van der Waals surface area contributed by atoms with Crippen molar-refractivity contribution in [3.63, 3.8) is 0 Å². The molecule has 0 radical (unpaired) electrons. The molecule has 6 nitrogen and oxygen atoms in total. The smallest absolute Gasteiger partial charge is 0.491 e. The standard InChI is InChI=1S/C13H16BNO5.ClH/c1-8(16)17-6-9-7-18-11-4-2-3-10-12(5-15)20-14(19-9)13(10)11;/h2-4,9,12H,5-7,15H2,1H3;1H/t9-,12-;/m1./s1. The number of hydrogen-bond acceptors (Lipinski definition) is 6. The minimum atomic E-state index is -0.516. The van der Waals surface area contributed by atoms with Crippen LogP contribution in [0, 0.1) is 0 Å². The molecule has 0 spiro atoms. The second-order valence-electron chi connectivity index (χ2n) is 4.82. The van der Waals surface area contributed by atoms with Crippen LogP contribution in [0.4, 0.5) is 0 Å². The van der Waals surface area contributed by atoms with Crippen LogP contribution >= 0.6 is 12.4 Å². The third-order valence-electron chi connectivity index (χ3n) is 3.40. The molecule has 0 aromatic heterocycles. The summed E-state index contributed by atoms with van der Waals surface area (Å²) in [5.41, 5.74) is 7.62. The van der Waals surface area contributed by atoms with E-state index in [1.807, 2.05) is 18.2 Å². The minimum absolute atomic E-state index is 0. The highest BCUT2D eigenvalue weighted by Gasteiger charge is 2.43. The van der Waals surface area contributed by atoms with Crippen molar-refractivity contribution in [2.75, 3.05) is 19.8 Å². The molecule has 2 atom stereocenters. The van der Waals surface area contributed by atoms with Crippen molar-refractivity contribution in [2.45, 2.75) is 19.1 Å². The van der Waals surface area contributed by atoms with Crippen LogP contribution in [-0.2, 0) is 18.8 Å². The first kappa shape index (κ1) is 16.1. The Hall–Kier alpha value is -1.28. The number of hydrogen-bond donors (Lipinski definition) is 1. The predicted octanol–water partition coefficient (Wildman–Crippen LogP) is 0.174. The lowest BCUT2D eigenvalue weighted by Crippen LogP contribution is -2.37. The van der Waals surface area contributed by atoms with Gasteiger partial charge in [-0.1, -0.05) is 12.1 Å². The Morgan fingerprint density at radius 2 is 2.29 bits per heavy atom. The number of benzene rings is 1. The number of halogens is 1. The summed E-state index contributed by atoms with van der Waals surface area (Å²) in [5, 5.41) is 0. The highest BCUT2D eigenvalue weighted by atomic mass is 35.5. The summed E-state index contributed by atoms with van der Waals surface area (Å²) in [4.78, 5) is 10.9. The fraction of sp³-hybridized carbons (Fsp3) is 0.462. The Morgan fingerprint density at radius 3 is 3.00 bits per heavy atom. The van der Waals surface area contributed by atoms with Gasteiger partial charge in [0.1, 0.15) is 25.1 Å². The zero-order valence-electron chi connectivity index (χ0n) is 11.6. The molecule has 0 unspecified atom stereocenters. The lowest BCUT2D eigenvalue weighted by molar-refractivity contribution is -0.144. The van der Waals surface area contributed by atoms with E-state index in [0.717, 1.165) is 16.8 Å². The normalized spacial score (nSPS) is 22.7. The largest absolute Gasteiger partial charge is 0.499 e. The third-order valence-corrected chi connectivity index (χ3v) is 3.40. The van der Waals surface area contributed by atoms with E-state index in [0.29, 0.717) is 13.2 Å². The molecule has 21 heavy (non-hydrogen) atoms. The Balaban J connectivity index is 0.00000161. The minimum Gasteiger partial charge on any atom is -0.491 e. The van der Waals surface area contributed by atoms with E-state index in [1.165, 1.54) is 6.92 Å². The van der Waals surface area contributed by atoms with E-state index >= 15 is 0 Å². The van der Waals surface area contributed by atoms with Crippen LogP contribution in [0.25, 0.3) is 0 Å². The van der Waals surface area contributed by atoms with E-state index in [2.05, 4.69) is 0 Å². The maximum absolute atomic E-state index is 10.9. The van der Waals surface area contributed by atoms with Crippen molar-refractivity contribution in [3.05, 3.63) is 23.8 Å². The Bertz CT molecular complexity index is 529. The molecule has 3 rings (SSSR count). The van der Waals surface area contributed by atoms with Crippen molar-refractivity contribution in [1.29, 1.82) is 0 Å². The van der Waals surface area contributed by atoms with E-state index in [-0.39, 0.29) is 37.2 Å². The summed E-state index contributed by atoms with van der Waals surface area (Å²) in [6.45, 7) is 2.20. The first-order valence-corrected chi connectivity index (χ1v) is 6.59. The molecule has 0 amide bonds. The molecular formula is C13H17BClNO5. The molecule has 8 heteroatoms. The molecule has 0 saturated heterocycles. The van der Waals surface area contributed by atoms with Crippen LogP contribution in [0.2, 0.25) is 0 Å². The molecule has 1 aromatic carbocycles. The van der Waals surface area contributed by atoms with Crippen LogP contribution in [-0.4, -0.2) is 39.0 Å². The van der Waals surface area contributed by atoms with Crippen LogP contribution in [0.15, 0.2) is 18.2 Å². The van der Waals surface area contributed by atoms with Gasteiger partial charge in [-0.25, -0.2) is 0 Å². The summed E-state index contributed by atoms with van der Waals surface area (Å²) < 4.78 is 22.4. The van der Waals surface area contributed by atoms with Gasteiger partial charge < -0.3 is 24.5 Å². The first-order valence-electron chi connectivity index (χ1n) is 6.59. The summed E-state index contributed by atoms with van der Waals surface area (Å²) in [6, 6.07) is 5.76. The molecule has 1 aromatic rings. The summed E-state index contributed by atoms with van der Waals surface area (Å²) in [6.07, 6.45) is -0.549. The number of esters is 1. The van der Waals surface area contributed by atoms with Crippen LogP contribution in [0.3, 0.4) is 0 Å². The van der Waals surface area contributed by atoms with Gasteiger partial charge in [0.2, 0.25) is 0 Å². The van der Waals surface area contributed by atoms with Gasteiger partial charge in [0.25, 0.3) is 0 Å². The lowest BCUT2D eigenvalue weighted by Gasteiger charge is -2.18. The monoisotopic (exact) mass is 313 g/mol. The molecule has 2 aliphatic heterocycles. The summed E-state index contributed by atoms with van der Waals surface area (Å²) in [7, 11) is -0.516. The topological polar surface area (TPSA) is 80.0 Å². The maximum Gasteiger partial charge on any atom is 0.499 e. The lowest BCUT2D eigenvalue weighted by atomic mass is 9.77. The van der Waals surface area contributed by atoms with E-state index in [1.54, 1.807) is 0 Å². The molecule has 0 fully saturated rings. The molecule has 2 aliphatic rings. The van der Waals surface area contributed by atoms with Gasteiger partial charge in [-0.2, -0.15) is 0 Å². The maximum atomic E-state index is 10.9. The third kappa shape index (κ3) is 3.16. The number of rotatable bonds is 3. The van der Waals surface area contributed by atoms with Crippen molar-refractivity contribution in [2.24, 2.45) is 5.73 Å². The second kappa shape index (κ2) is 6.66. The van der Waals surface area contributed by atoms with Gasteiger partial charge >= 0.3 is 13.1 Å². The van der Waals surface area contributed by atoms with Crippen molar-refractivity contribution in [1.82, 2.24) is 0 Å². The number of ether oxygens (including phenoxy) is 2. The van der Waals surface area contributed by atoms with E-state index < -0.39 is 7.12 Å². The van der Waals surface area contributed by atoms with E-state index in [9.17, 15) is 4.79 Å². The fourth-order valence-corrected chi connectivity index (χ4v) is 2.49. The van der Waals surface area contributed by atoms with Gasteiger partial charge in [-0.15, -0.1) is 12.4 Å². The second-order valence-corrected chi connectivity index (χ2v) is 4.82. The van der Waals surface area contributed by atoms with Crippen molar-refractivity contribution in [3.8, 4) is 5.75 Å². The van der Waals surface area contributed by atoms with Crippen molar-refractivity contribution < 1.29 is 23.6 Å². The quantitative estimate of drug-likeness (QED) is 0.633. The molecule has 2 N–H and O–H groups in total. The predicted molar refractivity (Wildman–Crippen MR) is 79.0 cm³/mol.